The predicted molar refractivity (Wildman–Crippen MR) is 119 cm³/mol. The van der Waals surface area contributed by atoms with E-state index >= 15 is 0 Å². The van der Waals surface area contributed by atoms with Crippen molar-refractivity contribution in [2.24, 2.45) is 5.92 Å². The van der Waals surface area contributed by atoms with Gasteiger partial charge >= 0.3 is 17.7 Å². The van der Waals surface area contributed by atoms with E-state index in [1.54, 1.807) is 10.6 Å². The molecule has 2 heterocycles. The molecule has 31 heavy (non-hydrogen) atoms. The fourth-order valence-electron chi connectivity index (χ4n) is 5.37. The van der Waals surface area contributed by atoms with Crippen molar-refractivity contribution in [2.45, 2.75) is 64.0 Å². The van der Waals surface area contributed by atoms with Gasteiger partial charge in [0.25, 0.3) is 0 Å². The molecule has 0 radical (unpaired) electrons. The number of benzene rings is 1. The first kappa shape index (κ1) is 21.6. The number of hydrogen-bond donors (Lipinski definition) is 2. The van der Waals surface area contributed by atoms with Crippen LogP contribution in [0.3, 0.4) is 0 Å². The Bertz CT molecular complexity index is 1020. The highest BCUT2D eigenvalue weighted by Gasteiger charge is 2.47. The Hall–Kier alpha value is -2.61. The van der Waals surface area contributed by atoms with E-state index in [1.165, 1.54) is 4.57 Å². The lowest BCUT2D eigenvalue weighted by atomic mass is 9.89. The molecule has 168 valence electrons. The average Bonchev–Trinajstić information content (AvgIpc) is 3.35. The summed E-state index contributed by atoms with van der Waals surface area (Å²) in [6.45, 7) is 5.81. The Morgan fingerprint density at radius 1 is 1.13 bits per heavy atom. The van der Waals surface area contributed by atoms with Crippen molar-refractivity contribution in [2.75, 3.05) is 19.6 Å². The zero-order valence-electron chi connectivity index (χ0n) is 18.3. The van der Waals surface area contributed by atoms with E-state index < -0.39 is 17.5 Å². The van der Waals surface area contributed by atoms with Gasteiger partial charge < -0.3 is 10.4 Å². The highest BCUT2D eigenvalue weighted by Crippen LogP contribution is 2.37. The van der Waals surface area contributed by atoms with Gasteiger partial charge in [0, 0.05) is 12.6 Å². The number of carboxylic acids is 1. The van der Waals surface area contributed by atoms with Crippen molar-refractivity contribution in [3.63, 3.8) is 0 Å². The highest BCUT2D eigenvalue weighted by molar-refractivity contribution is 5.89. The smallest absolute Gasteiger partial charge is 0.337 e. The maximum absolute atomic E-state index is 12.9. The van der Waals surface area contributed by atoms with Gasteiger partial charge in [0.2, 0.25) is 0 Å². The maximum atomic E-state index is 12.9. The van der Waals surface area contributed by atoms with Gasteiger partial charge in [-0.05, 0) is 70.7 Å². The quantitative estimate of drug-likeness (QED) is 0.763. The largest absolute Gasteiger partial charge is 0.480 e. The molecular weight excluding hydrogens is 396 g/mol. The van der Waals surface area contributed by atoms with Gasteiger partial charge in [0.05, 0.1) is 11.0 Å². The van der Waals surface area contributed by atoms with Crippen molar-refractivity contribution in [3.05, 3.63) is 34.7 Å². The van der Waals surface area contributed by atoms with Crippen LogP contribution in [-0.2, 0) is 4.79 Å². The highest BCUT2D eigenvalue weighted by atomic mass is 16.4. The van der Waals surface area contributed by atoms with Crippen molar-refractivity contribution >= 4 is 23.0 Å². The van der Waals surface area contributed by atoms with Crippen LogP contribution in [0.25, 0.3) is 11.0 Å². The second-order valence-corrected chi connectivity index (χ2v) is 9.23. The van der Waals surface area contributed by atoms with Crippen LogP contribution >= 0.6 is 0 Å². The third-order valence-electron chi connectivity index (χ3n) is 7.09. The molecule has 1 aliphatic heterocycles. The first-order chi connectivity index (χ1) is 14.8. The number of carbonyl (C=O) groups excluding carboxylic acids is 1. The summed E-state index contributed by atoms with van der Waals surface area (Å²) in [5.74, 6) is -0.417. The molecule has 2 aromatic rings. The second kappa shape index (κ2) is 8.49. The Labute approximate surface area is 181 Å². The van der Waals surface area contributed by atoms with Crippen molar-refractivity contribution < 1.29 is 14.7 Å². The van der Waals surface area contributed by atoms with Gasteiger partial charge in [0.1, 0.15) is 5.54 Å². The molecule has 2 N–H and O–H groups in total. The van der Waals surface area contributed by atoms with Gasteiger partial charge in [-0.15, -0.1) is 0 Å². The number of imidazole rings is 1. The summed E-state index contributed by atoms with van der Waals surface area (Å²) in [5, 5.41) is 12.8. The zero-order chi connectivity index (χ0) is 22.2. The maximum Gasteiger partial charge on any atom is 0.337 e. The summed E-state index contributed by atoms with van der Waals surface area (Å²) < 4.78 is 2.86. The minimum absolute atomic E-state index is 0.0482. The number of carboxylic acid groups (broad SMARTS) is 1. The molecule has 1 saturated heterocycles. The van der Waals surface area contributed by atoms with Crippen molar-refractivity contribution in [1.29, 1.82) is 0 Å². The molecule has 1 aromatic carbocycles. The van der Waals surface area contributed by atoms with Crippen LogP contribution in [0.1, 0.15) is 58.4 Å². The number of hydrogen-bond acceptors (Lipinski definition) is 4. The van der Waals surface area contributed by atoms with E-state index in [2.05, 4.69) is 10.2 Å². The molecular formula is C23H32N4O4. The fraction of sp³-hybridized carbons (Fsp3) is 0.609. The van der Waals surface area contributed by atoms with Crippen LogP contribution in [-0.4, -0.2) is 56.3 Å². The number of carbonyl (C=O) groups is 2. The fourth-order valence-corrected chi connectivity index (χ4v) is 5.37. The second-order valence-electron chi connectivity index (χ2n) is 9.23. The Kier molecular flexibility index (Phi) is 5.92. The number of piperidine rings is 1. The summed E-state index contributed by atoms with van der Waals surface area (Å²) >= 11 is 0. The number of fused-ring (bicyclic) bond motifs is 1. The summed E-state index contributed by atoms with van der Waals surface area (Å²) in [6, 6.07) is 6.89. The number of nitrogens with zero attached hydrogens (tertiary/aromatic N) is 3. The molecule has 1 aromatic heterocycles. The number of rotatable bonds is 5. The number of nitrogens with one attached hydrogen (secondary N) is 1. The molecule has 2 fully saturated rings. The molecule has 8 heteroatoms. The molecule has 0 atom stereocenters. The molecule has 1 amide bonds. The molecule has 2 aliphatic rings. The van der Waals surface area contributed by atoms with Crippen molar-refractivity contribution in [1.82, 2.24) is 19.4 Å². The van der Waals surface area contributed by atoms with Gasteiger partial charge in [0.15, 0.2) is 0 Å². The van der Waals surface area contributed by atoms with E-state index in [0.29, 0.717) is 12.1 Å². The van der Waals surface area contributed by atoms with Crippen LogP contribution in [0.5, 0.6) is 0 Å². The average molecular weight is 429 g/mol. The van der Waals surface area contributed by atoms with E-state index in [4.69, 9.17) is 0 Å². The zero-order valence-corrected chi connectivity index (χ0v) is 18.3. The first-order valence-corrected chi connectivity index (χ1v) is 11.3. The van der Waals surface area contributed by atoms with E-state index in [0.717, 1.165) is 57.1 Å². The van der Waals surface area contributed by atoms with Crippen LogP contribution in [0.15, 0.2) is 29.1 Å². The number of aromatic nitrogens is 2. The first-order valence-electron chi connectivity index (χ1n) is 11.3. The van der Waals surface area contributed by atoms with Gasteiger partial charge in [-0.25, -0.2) is 14.2 Å². The summed E-state index contributed by atoms with van der Waals surface area (Å²) in [7, 11) is 0. The van der Waals surface area contributed by atoms with E-state index in [-0.39, 0.29) is 17.6 Å². The topological polar surface area (TPSA) is 96.6 Å². The van der Waals surface area contributed by atoms with Gasteiger partial charge in [-0.1, -0.05) is 25.0 Å². The summed E-state index contributed by atoms with van der Waals surface area (Å²) in [6.07, 6.45) is 5.09. The van der Waals surface area contributed by atoms with Crippen LogP contribution in [0.4, 0.5) is 4.79 Å². The Morgan fingerprint density at radius 3 is 2.32 bits per heavy atom. The lowest BCUT2D eigenvalue weighted by Crippen LogP contribution is -2.56. The van der Waals surface area contributed by atoms with Gasteiger partial charge in [-0.3, -0.25) is 14.3 Å². The Balaban J connectivity index is 1.41. The third-order valence-corrected chi connectivity index (χ3v) is 7.09. The normalized spacial score (nSPS) is 19.8. The van der Waals surface area contributed by atoms with E-state index in [1.807, 2.05) is 32.0 Å². The molecule has 4 rings (SSSR count). The number of aliphatic carboxylic acids is 1. The van der Waals surface area contributed by atoms with Crippen LogP contribution < -0.4 is 11.0 Å². The number of amides is 1. The molecule has 0 spiro atoms. The summed E-state index contributed by atoms with van der Waals surface area (Å²) in [5.41, 5.74) is 0.341. The minimum Gasteiger partial charge on any atom is -0.480 e. The van der Waals surface area contributed by atoms with Crippen LogP contribution in [0, 0.1) is 5.92 Å². The minimum atomic E-state index is -0.697. The van der Waals surface area contributed by atoms with E-state index in [9.17, 15) is 19.5 Å². The lowest BCUT2D eigenvalue weighted by molar-refractivity contribution is -0.152. The standard InChI is InChI=1S/C23H32N4O4/c1-16(2)26-18-7-3-4-8-19(18)27(22(26)31)21(30)24-15-17-9-13-25(14-10-17)23(20(28)29)11-5-6-12-23/h3-4,7-8,16-17H,5-6,9-15H2,1-2H3,(H,24,30)(H,28,29). The third kappa shape index (κ3) is 3.78. The van der Waals surface area contributed by atoms with Gasteiger partial charge in [-0.2, -0.15) is 0 Å². The molecule has 8 nitrogen and oxygen atoms in total. The SMILES string of the molecule is CC(C)n1c(=O)n(C(=O)NCC2CCN(C3(C(=O)O)CCCC3)CC2)c2ccccc21. The summed E-state index contributed by atoms with van der Waals surface area (Å²) in [4.78, 5) is 39.9. The molecule has 1 saturated carbocycles. The lowest BCUT2D eigenvalue weighted by Gasteiger charge is -2.42. The van der Waals surface area contributed by atoms with Crippen LogP contribution in [0.2, 0.25) is 0 Å². The van der Waals surface area contributed by atoms with Crippen molar-refractivity contribution in [3.8, 4) is 0 Å². The molecule has 0 bridgehead atoms. The molecule has 0 unspecified atom stereocenters. The number of para-hydroxylation sites is 2. The molecule has 1 aliphatic carbocycles. The number of likely N-dealkylation sites (tertiary alicyclic amines) is 1. The Morgan fingerprint density at radius 2 is 1.74 bits per heavy atom. The predicted octanol–water partition coefficient (Wildman–Crippen LogP) is 3.05. The monoisotopic (exact) mass is 428 g/mol.